The van der Waals surface area contributed by atoms with Gasteiger partial charge in [0.05, 0.1) is 4.88 Å². The number of aldehydes is 1. The molecule has 0 bridgehead atoms. The van der Waals surface area contributed by atoms with Crippen molar-refractivity contribution in [3.05, 3.63) is 51.7 Å². The normalized spacial score (nSPS) is 11.4. The van der Waals surface area contributed by atoms with E-state index in [1.54, 1.807) is 22.7 Å². The highest BCUT2D eigenvalue weighted by Gasteiger charge is 2.05. The summed E-state index contributed by atoms with van der Waals surface area (Å²) in [6.45, 7) is 6.41. The summed E-state index contributed by atoms with van der Waals surface area (Å²) in [4.78, 5) is 15.1. The van der Waals surface area contributed by atoms with Crippen molar-refractivity contribution in [2.75, 3.05) is 18.0 Å². The van der Waals surface area contributed by atoms with Crippen molar-refractivity contribution in [2.45, 2.75) is 13.8 Å². The van der Waals surface area contributed by atoms with E-state index in [-0.39, 0.29) is 0 Å². The van der Waals surface area contributed by atoms with Gasteiger partial charge in [-0.05, 0) is 49.8 Å². The zero-order valence-electron chi connectivity index (χ0n) is 13.3. The smallest absolute Gasteiger partial charge is 0.160 e. The molecule has 3 aromatic rings. The van der Waals surface area contributed by atoms with Gasteiger partial charge in [-0.2, -0.15) is 0 Å². The summed E-state index contributed by atoms with van der Waals surface area (Å²) in [5, 5.41) is 0. The third-order valence-electron chi connectivity index (χ3n) is 3.82. The molecule has 0 saturated heterocycles. The molecule has 0 aliphatic heterocycles. The SMILES string of the molecule is CCN(CC)c1ccc(/C=C/c2cc3sc(C=O)cc3s2)cc1. The van der Waals surface area contributed by atoms with Crippen LogP contribution >= 0.6 is 22.7 Å². The predicted octanol–water partition coefficient (Wildman–Crippen LogP) is 5.79. The Morgan fingerprint density at radius 2 is 1.52 bits per heavy atom. The van der Waals surface area contributed by atoms with Gasteiger partial charge in [0.15, 0.2) is 6.29 Å². The molecule has 0 radical (unpaired) electrons. The number of rotatable bonds is 6. The van der Waals surface area contributed by atoms with Crippen LogP contribution in [0.25, 0.3) is 21.6 Å². The van der Waals surface area contributed by atoms with Gasteiger partial charge in [-0.25, -0.2) is 0 Å². The fourth-order valence-electron chi connectivity index (χ4n) is 2.58. The first kappa shape index (κ1) is 16.0. The zero-order valence-corrected chi connectivity index (χ0v) is 14.9. The van der Waals surface area contributed by atoms with Crippen molar-refractivity contribution in [2.24, 2.45) is 0 Å². The van der Waals surface area contributed by atoms with Crippen LogP contribution in [-0.4, -0.2) is 19.4 Å². The van der Waals surface area contributed by atoms with Gasteiger partial charge in [-0.15, -0.1) is 22.7 Å². The number of carbonyl (C=O) groups is 1. The molecule has 0 N–H and O–H groups in total. The fraction of sp³-hybridized carbons (Fsp3) is 0.211. The van der Waals surface area contributed by atoms with Crippen LogP contribution in [0.1, 0.15) is 34.0 Å². The second-order valence-electron chi connectivity index (χ2n) is 5.24. The quantitative estimate of drug-likeness (QED) is 0.529. The first-order valence-corrected chi connectivity index (χ1v) is 9.38. The van der Waals surface area contributed by atoms with E-state index >= 15 is 0 Å². The van der Waals surface area contributed by atoms with Gasteiger partial charge in [0.2, 0.25) is 0 Å². The number of anilines is 1. The Morgan fingerprint density at radius 1 is 0.913 bits per heavy atom. The molecule has 2 nitrogen and oxygen atoms in total. The highest BCUT2D eigenvalue weighted by atomic mass is 32.1. The van der Waals surface area contributed by atoms with Crippen molar-refractivity contribution >= 4 is 56.2 Å². The van der Waals surface area contributed by atoms with E-state index in [4.69, 9.17) is 0 Å². The molecule has 4 heteroatoms. The average molecular weight is 342 g/mol. The van der Waals surface area contributed by atoms with Crippen LogP contribution in [0.5, 0.6) is 0 Å². The van der Waals surface area contributed by atoms with Crippen molar-refractivity contribution in [1.29, 1.82) is 0 Å². The number of benzene rings is 1. The molecule has 0 fully saturated rings. The molecule has 0 saturated carbocycles. The monoisotopic (exact) mass is 341 g/mol. The van der Waals surface area contributed by atoms with Crippen LogP contribution in [0, 0.1) is 0 Å². The minimum absolute atomic E-state index is 0.800. The highest BCUT2D eigenvalue weighted by molar-refractivity contribution is 7.28. The fourth-order valence-corrected chi connectivity index (χ4v) is 4.71. The Morgan fingerprint density at radius 3 is 2.13 bits per heavy atom. The largest absolute Gasteiger partial charge is 0.372 e. The van der Waals surface area contributed by atoms with E-state index in [1.165, 1.54) is 25.5 Å². The van der Waals surface area contributed by atoms with Crippen molar-refractivity contribution in [3.63, 3.8) is 0 Å². The van der Waals surface area contributed by atoms with Gasteiger partial charge in [-0.1, -0.05) is 18.2 Å². The highest BCUT2D eigenvalue weighted by Crippen LogP contribution is 2.33. The van der Waals surface area contributed by atoms with Crippen LogP contribution in [0.15, 0.2) is 36.4 Å². The second-order valence-corrected chi connectivity index (χ2v) is 7.47. The topological polar surface area (TPSA) is 20.3 Å². The summed E-state index contributed by atoms with van der Waals surface area (Å²) >= 11 is 3.28. The molecule has 2 aromatic heterocycles. The summed E-state index contributed by atoms with van der Waals surface area (Å²) in [6.07, 6.45) is 5.21. The molecular formula is C19H19NOS2. The molecule has 3 rings (SSSR count). The molecule has 0 aliphatic carbocycles. The average Bonchev–Trinajstić information content (AvgIpc) is 3.13. The van der Waals surface area contributed by atoms with Gasteiger partial charge < -0.3 is 4.90 Å². The van der Waals surface area contributed by atoms with Gasteiger partial charge >= 0.3 is 0 Å². The number of thiophene rings is 2. The molecular weight excluding hydrogens is 322 g/mol. The van der Waals surface area contributed by atoms with Crippen LogP contribution in [0.4, 0.5) is 5.69 Å². The lowest BCUT2D eigenvalue weighted by atomic mass is 10.1. The Bertz CT molecular complexity index is 791. The van der Waals surface area contributed by atoms with E-state index in [0.29, 0.717) is 0 Å². The molecule has 0 amide bonds. The molecule has 0 spiro atoms. The molecule has 0 unspecified atom stereocenters. The Labute approximate surface area is 144 Å². The summed E-state index contributed by atoms with van der Waals surface area (Å²) in [5.41, 5.74) is 2.47. The van der Waals surface area contributed by atoms with Crippen molar-refractivity contribution in [1.82, 2.24) is 0 Å². The van der Waals surface area contributed by atoms with Gasteiger partial charge in [-0.3, -0.25) is 4.79 Å². The lowest BCUT2D eigenvalue weighted by molar-refractivity contribution is 0.112. The van der Waals surface area contributed by atoms with Crippen LogP contribution in [-0.2, 0) is 0 Å². The van der Waals surface area contributed by atoms with E-state index in [1.807, 2.05) is 6.07 Å². The van der Waals surface area contributed by atoms with E-state index in [0.717, 1.165) is 24.3 Å². The number of carbonyl (C=O) groups excluding carboxylic acids is 1. The maximum absolute atomic E-state index is 10.8. The molecule has 2 heterocycles. The van der Waals surface area contributed by atoms with Crippen molar-refractivity contribution < 1.29 is 4.79 Å². The minimum Gasteiger partial charge on any atom is -0.372 e. The van der Waals surface area contributed by atoms with Gasteiger partial charge in [0.1, 0.15) is 0 Å². The lowest BCUT2D eigenvalue weighted by Crippen LogP contribution is -2.21. The predicted molar refractivity (Wildman–Crippen MR) is 104 cm³/mol. The molecule has 0 atom stereocenters. The minimum atomic E-state index is 0.800. The Balaban J connectivity index is 1.75. The molecule has 0 aliphatic rings. The van der Waals surface area contributed by atoms with E-state index in [9.17, 15) is 4.79 Å². The first-order valence-electron chi connectivity index (χ1n) is 7.75. The van der Waals surface area contributed by atoms with Crippen LogP contribution in [0.3, 0.4) is 0 Å². The van der Waals surface area contributed by atoms with E-state index in [2.05, 4.69) is 61.2 Å². The van der Waals surface area contributed by atoms with Crippen molar-refractivity contribution in [3.8, 4) is 0 Å². The standard InChI is InChI=1S/C19H19NOS2/c1-3-20(4-2)15-8-5-14(6-9-15)7-10-16-11-18-19(22-16)12-17(13-21)23-18/h5-13H,3-4H2,1-2H3/b10-7+. The maximum Gasteiger partial charge on any atom is 0.160 e. The van der Waals surface area contributed by atoms with Gasteiger partial charge in [0.25, 0.3) is 0 Å². The summed E-state index contributed by atoms with van der Waals surface area (Å²) < 4.78 is 2.38. The number of hydrogen-bond acceptors (Lipinski definition) is 4. The number of fused-ring (bicyclic) bond motifs is 1. The molecule has 23 heavy (non-hydrogen) atoms. The van der Waals surface area contributed by atoms with Crippen LogP contribution in [0.2, 0.25) is 0 Å². The Hall–Kier alpha value is -1.91. The summed E-state index contributed by atoms with van der Waals surface area (Å²) in [7, 11) is 0. The summed E-state index contributed by atoms with van der Waals surface area (Å²) in [5.74, 6) is 0. The molecule has 1 aromatic carbocycles. The summed E-state index contributed by atoms with van der Waals surface area (Å²) in [6, 6.07) is 12.8. The van der Waals surface area contributed by atoms with Crippen LogP contribution < -0.4 is 4.90 Å². The maximum atomic E-state index is 10.8. The molecule has 118 valence electrons. The third kappa shape index (κ3) is 3.54. The number of nitrogens with zero attached hydrogens (tertiary/aromatic N) is 1. The zero-order chi connectivity index (χ0) is 16.2. The number of hydrogen-bond donors (Lipinski definition) is 0. The third-order valence-corrected chi connectivity index (χ3v) is 6.01. The van der Waals surface area contributed by atoms with E-state index < -0.39 is 0 Å². The van der Waals surface area contributed by atoms with Gasteiger partial charge in [0, 0.05) is 33.1 Å². The first-order chi connectivity index (χ1) is 11.2. The lowest BCUT2D eigenvalue weighted by Gasteiger charge is -2.20. The second kappa shape index (κ2) is 7.11. The Kier molecular flexibility index (Phi) is 4.94.